The van der Waals surface area contributed by atoms with E-state index in [9.17, 15) is 0 Å². The minimum absolute atomic E-state index is 0.446. The summed E-state index contributed by atoms with van der Waals surface area (Å²) in [6, 6.07) is 0. The minimum Gasteiger partial charge on any atom is -0.331 e. The first-order valence-electron chi connectivity index (χ1n) is 7.67. The van der Waals surface area contributed by atoms with Crippen LogP contribution >= 0.6 is 0 Å². The van der Waals surface area contributed by atoms with Gasteiger partial charge >= 0.3 is 0 Å². The van der Waals surface area contributed by atoms with Crippen molar-refractivity contribution in [2.24, 2.45) is 12.5 Å². The smallest absolute Gasteiger partial charge is 0.200 e. The summed E-state index contributed by atoms with van der Waals surface area (Å²) in [5.41, 5.74) is 0.446. The SMILES string of the molecule is Cn1ccnc1-c1nnc2n1CC1(CCCCCC1)C2. The fourth-order valence-corrected chi connectivity index (χ4v) is 3.92. The van der Waals surface area contributed by atoms with Crippen LogP contribution in [0, 0.1) is 5.41 Å². The lowest BCUT2D eigenvalue weighted by Crippen LogP contribution is -2.22. The van der Waals surface area contributed by atoms with Gasteiger partial charge in [0.25, 0.3) is 0 Å². The van der Waals surface area contributed by atoms with Crippen LogP contribution in [-0.4, -0.2) is 24.3 Å². The molecule has 0 amide bonds. The van der Waals surface area contributed by atoms with E-state index in [4.69, 9.17) is 0 Å². The van der Waals surface area contributed by atoms with Crippen molar-refractivity contribution in [1.29, 1.82) is 0 Å². The second-order valence-electron chi connectivity index (χ2n) is 6.48. The molecule has 1 fully saturated rings. The van der Waals surface area contributed by atoms with Gasteiger partial charge in [-0.25, -0.2) is 4.98 Å². The molecule has 106 valence electrons. The van der Waals surface area contributed by atoms with Gasteiger partial charge < -0.3 is 9.13 Å². The van der Waals surface area contributed by atoms with Crippen LogP contribution < -0.4 is 0 Å². The van der Waals surface area contributed by atoms with Crippen molar-refractivity contribution in [2.45, 2.75) is 51.5 Å². The van der Waals surface area contributed by atoms with Gasteiger partial charge in [-0.3, -0.25) is 0 Å². The van der Waals surface area contributed by atoms with Crippen LogP contribution in [0.5, 0.6) is 0 Å². The molecule has 0 atom stereocenters. The van der Waals surface area contributed by atoms with Gasteiger partial charge in [0.05, 0.1) is 0 Å². The van der Waals surface area contributed by atoms with Gasteiger partial charge in [0.2, 0.25) is 0 Å². The number of nitrogens with zero attached hydrogens (tertiary/aromatic N) is 5. The van der Waals surface area contributed by atoms with Crippen molar-refractivity contribution in [3.05, 3.63) is 18.2 Å². The molecule has 5 heteroatoms. The zero-order valence-electron chi connectivity index (χ0n) is 12.0. The predicted molar refractivity (Wildman–Crippen MR) is 76.1 cm³/mol. The van der Waals surface area contributed by atoms with E-state index >= 15 is 0 Å². The molecule has 0 radical (unpaired) electrons. The van der Waals surface area contributed by atoms with Gasteiger partial charge in [-0.15, -0.1) is 10.2 Å². The lowest BCUT2D eigenvalue weighted by Gasteiger charge is -2.26. The van der Waals surface area contributed by atoms with Crippen molar-refractivity contribution in [3.8, 4) is 11.6 Å². The first-order valence-corrected chi connectivity index (χ1v) is 7.67. The van der Waals surface area contributed by atoms with E-state index in [1.165, 1.54) is 38.5 Å². The molecule has 2 aliphatic rings. The molecule has 3 heterocycles. The Labute approximate surface area is 119 Å². The van der Waals surface area contributed by atoms with Crippen molar-refractivity contribution in [2.75, 3.05) is 0 Å². The zero-order chi connectivity index (χ0) is 13.6. The number of aryl methyl sites for hydroxylation is 1. The monoisotopic (exact) mass is 271 g/mol. The molecule has 0 unspecified atom stereocenters. The zero-order valence-corrected chi connectivity index (χ0v) is 12.0. The molecule has 1 aliphatic heterocycles. The Kier molecular flexibility index (Phi) is 2.69. The highest BCUT2D eigenvalue weighted by atomic mass is 15.3. The summed E-state index contributed by atoms with van der Waals surface area (Å²) in [5, 5.41) is 8.81. The fourth-order valence-electron chi connectivity index (χ4n) is 3.92. The van der Waals surface area contributed by atoms with Crippen LogP contribution in [0.1, 0.15) is 44.3 Å². The van der Waals surface area contributed by atoms with E-state index < -0.39 is 0 Å². The minimum atomic E-state index is 0.446. The summed E-state index contributed by atoms with van der Waals surface area (Å²) in [6.45, 7) is 1.08. The number of aromatic nitrogens is 5. The van der Waals surface area contributed by atoms with E-state index in [0.29, 0.717) is 5.41 Å². The summed E-state index contributed by atoms with van der Waals surface area (Å²) in [6.07, 6.45) is 13.1. The van der Waals surface area contributed by atoms with Crippen molar-refractivity contribution in [3.63, 3.8) is 0 Å². The fraction of sp³-hybridized carbons (Fsp3) is 0.667. The number of fused-ring (bicyclic) bond motifs is 1. The lowest BCUT2D eigenvalue weighted by molar-refractivity contribution is 0.238. The summed E-state index contributed by atoms with van der Waals surface area (Å²) in [4.78, 5) is 4.43. The molecule has 1 spiro atoms. The van der Waals surface area contributed by atoms with Gasteiger partial charge in [-0.05, 0) is 18.3 Å². The molecule has 0 saturated heterocycles. The van der Waals surface area contributed by atoms with E-state index in [2.05, 4.69) is 19.7 Å². The Morgan fingerprint density at radius 2 is 1.85 bits per heavy atom. The normalized spacial score (nSPS) is 21.1. The van der Waals surface area contributed by atoms with Crippen LogP contribution in [0.25, 0.3) is 11.6 Å². The second kappa shape index (κ2) is 4.43. The van der Waals surface area contributed by atoms with Crippen LogP contribution in [-0.2, 0) is 20.0 Å². The van der Waals surface area contributed by atoms with Gasteiger partial charge in [-0.1, -0.05) is 25.7 Å². The van der Waals surface area contributed by atoms with Crippen LogP contribution in [0.3, 0.4) is 0 Å². The summed E-state index contributed by atoms with van der Waals surface area (Å²) < 4.78 is 4.34. The van der Waals surface area contributed by atoms with E-state index in [1.807, 2.05) is 24.0 Å². The Morgan fingerprint density at radius 3 is 2.55 bits per heavy atom. The molecule has 1 saturated carbocycles. The molecule has 2 aromatic heterocycles. The molecule has 20 heavy (non-hydrogen) atoms. The third kappa shape index (κ3) is 1.79. The van der Waals surface area contributed by atoms with Crippen molar-refractivity contribution >= 4 is 0 Å². The molecule has 0 aromatic carbocycles. The molecular weight excluding hydrogens is 250 g/mol. The first-order chi connectivity index (χ1) is 9.77. The maximum absolute atomic E-state index is 4.43. The van der Waals surface area contributed by atoms with E-state index in [1.54, 1.807) is 0 Å². The van der Waals surface area contributed by atoms with Crippen LogP contribution in [0.15, 0.2) is 12.4 Å². The van der Waals surface area contributed by atoms with Gasteiger partial charge in [-0.2, -0.15) is 0 Å². The standard InChI is InChI=1S/C15H21N5/c1-19-9-8-16-13(19)14-18-17-12-10-15(11-20(12)14)6-4-2-3-5-7-15/h8-9H,2-7,10-11H2,1H3. The summed E-state index contributed by atoms with van der Waals surface area (Å²) in [5.74, 6) is 3.02. The Balaban J connectivity index is 1.69. The molecule has 5 nitrogen and oxygen atoms in total. The molecule has 2 aromatic rings. The van der Waals surface area contributed by atoms with Crippen molar-refractivity contribution in [1.82, 2.24) is 24.3 Å². The number of rotatable bonds is 1. The summed E-state index contributed by atoms with van der Waals surface area (Å²) in [7, 11) is 2.01. The average molecular weight is 271 g/mol. The quantitative estimate of drug-likeness (QED) is 0.801. The highest BCUT2D eigenvalue weighted by Gasteiger charge is 2.40. The van der Waals surface area contributed by atoms with E-state index in [-0.39, 0.29) is 0 Å². The van der Waals surface area contributed by atoms with Gasteiger partial charge in [0.1, 0.15) is 5.82 Å². The topological polar surface area (TPSA) is 48.5 Å². The maximum Gasteiger partial charge on any atom is 0.200 e. The number of hydrogen-bond donors (Lipinski definition) is 0. The van der Waals surface area contributed by atoms with E-state index in [0.717, 1.165) is 30.4 Å². The second-order valence-corrected chi connectivity index (χ2v) is 6.48. The lowest BCUT2D eigenvalue weighted by atomic mass is 9.79. The number of hydrogen-bond acceptors (Lipinski definition) is 3. The highest BCUT2D eigenvalue weighted by Crippen LogP contribution is 2.44. The Morgan fingerprint density at radius 1 is 1.05 bits per heavy atom. The van der Waals surface area contributed by atoms with Gasteiger partial charge in [0, 0.05) is 32.4 Å². The number of imidazole rings is 1. The van der Waals surface area contributed by atoms with Crippen LogP contribution in [0.2, 0.25) is 0 Å². The molecule has 0 N–H and O–H groups in total. The third-order valence-electron chi connectivity index (χ3n) is 5.04. The maximum atomic E-state index is 4.43. The average Bonchev–Trinajstić information content (AvgIpc) is 3.02. The highest BCUT2D eigenvalue weighted by molar-refractivity contribution is 5.45. The molecule has 0 bridgehead atoms. The first kappa shape index (κ1) is 12.1. The van der Waals surface area contributed by atoms with Gasteiger partial charge in [0.15, 0.2) is 11.6 Å². The van der Waals surface area contributed by atoms with Crippen LogP contribution in [0.4, 0.5) is 0 Å². The largest absolute Gasteiger partial charge is 0.331 e. The Bertz CT molecular complexity index is 616. The molecule has 1 aliphatic carbocycles. The summed E-state index contributed by atoms with van der Waals surface area (Å²) >= 11 is 0. The predicted octanol–water partition coefficient (Wildman–Crippen LogP) is 2.58. The molecular formula is C15H21N5. The Hall–Kier alpha value is -1.65. The third-order valence-corrected chi connectivity index (χ3v) is 5.04. The van der Waals surface area contributed by atoms with Crippen molar-refractivity contribution < 1.29 is 0 Å². The molecule has 4 rings (SSSR count).